The van der Waals surface area contributed by atoms with Crippen molar-refractivity contribution >= 4 is 17.8 Å². The van der Waals surface area contributed by atoms with E-state index in [2.05, 4.69) is 5.32 Å². The zero-order chi connectivity index (χ0) is 20.1. The molecule has 0 spiro atoms. The average Bonchev–Trinajstić information content (AvgIpc) is 2.72. The van der Waals surface area contributed by atoms with Gasteiger partial charge in [0.05, 0.1) is 13.5 Å². The van der Waals surface area contributed by atoms with Gasteiger partial charge in [-0.2, -0.15) is 0 Å². The molecule has 2 atom stereocenters. The zero-order valence-corrected chi connectivity index (χ0v) is 16.1. The molecule has 146 valence electrons. The van der Waals surface area contributed by atoms with E-state index in [0.29, 0.717) is 13.0 Å². The molecule has 1 aliphatic heterocycles. The number of hydrogen-bond acceptors (Lipinski definition) is 4. The number of rotatable bonds is 7. The second-order valence-corrected chi connectivity index (χ2v) is 7.16. The molecule has 2 amide bonds. The number of carbonyl (C=O) groups excluding carboxylic acids is 3. The first-order valence-corrected chi connectivity index (χ1v) is 9.21. The van der Waals surface area contributed by atoms with Gasteiger partial charge in [0, 0.05) is 13.0 Å². The van der Waals surface area contributed by atoms with E-state index in [1.54, 1.807) is 11.8 Å². The Kier molecular flexibility index (Phi) is 5.78. The van der Waals surface area contributed by atoms with E-state index in [-0.39, 0.29) is 18.2 Å². The summed E-state index contributed by atoms with van der Waals surface area (Å²) in [5.74, 6) is -0.949. The summed E-state index contributed by atoms with van der Waals surface area (Å²) in [6.45, 7) is 2.08. The fourth-order valence-corrected chi connectivity index (χ4v) is 3.40. The standard InChI is InChI=1S/C22H24N2O4/c1-22(14-19(25)24(22)15-17-11-7-4-8-12-17)21(27)23-18(20(26)28-2)13-16-9-5-3-6-10-16/h3-12,18H,13-15H2,1-2H3,(H,23,27)/t18-,22+/m0/s1. The van der Waals surface area contributed by atoms with Crippen LogP contribution in [0.3, 0.4) is 0 Å². The number of carbonyl (C=O) groups is 3. The Labute approximate surface area is 164 Å². The fourth-order valence-electron chi connectivity index (χ4n) is 3.40. The van der Waals surface area contributed by atoms with E-state index in [0.717, 1.165) is 11.1 Å². The fraction of sp³-hybridized carbons (Fsp3) is 0.318. The van der Waals surface area contributed by atoms with Crippen LogP contribution in [-0.4, -0.2) is 41.4 Å². The highest BCUT2D eigenvalue weighted by atomic mass is 16.5. The van der Waals surface area contributed by atoms with Gasteiger partial charge in [-0.3, -0.25) is 9.59 Å². The molecule has 0 saturated carbocycles. The van der Waals surface area contributed by atoms with Crippen LogP contribution >= 0.6 is 0 Å². The summed E-state index contributed by atoms with van der Waals surface area (Å²) < 4.78 is 4.86. The van der Waals surface area contributed by atoms with Gasteiger partial charge < -0.3 is 15.0 Å². The van der Waals surface area contributed by atoms with E-state index in [1.807, 2.05) is 60.7 Å². The van der Waals surface area contributed by atoms with E-state index >= 15 is 0 Å². The molecule has 3 rings (SSSR count). The molecule has 2 aromatic carbocycles. The maximum absolute atomic E-state index is 13.0. The Hall–Kier alpha value is -3.15. The van der Waals surface area contributed by atoms with Crippen molar-refractivity contribution in [3.8, 4) is 0 Å². The molecule has 1 saturated heterocycles. The van der Waals surface area contributed by atoms with Crippen molar-refractivity contribution in [1.82, 2.24) is 10.2 Å². The van der Waals surface area contributed by atoms with Crippen LogP contribution in [0, 0.1) is 0 Å². The average molecular weight is 380 g/mol. The Bertz CT molecular complexity index is 853. The van der Waals surface area contributed by atoms with Crippen LogP contribution in [0.1, 0.15) is 24.5 Å². The predicted octanol–water partition coefficient (Wildman–Crippen LogP) is 2.08. The minimum Gasteiger partial charge on any atom is -0.467 e. The van der Waals surface area contributed by atoms with Gasteiger partial charge in [-0.1, -0.05) is 60.7 Å². The Balaban J connectivity index is 1.72. The summed E-state index contributed by atoms with van der Waals surface area (Å²) in [4.78, 5) is 38.9. The lowest BCUT2D eigenvalue weighted by Gasteiger charge is -2.48. The van der Waals surface area contributed by atoms with Crippen molar-refractivity contribution in [3.63, 3.8) is 0 Å². The Morgan fingerprint density at radius 1 is 1.07 bits per heavy atom. The van der Waals surface area contributed by atoms with Gasteiger partial charge in [0.25, 0.3) is 0 Å². The van der Waals surface area contributed by atoms with E-state index in [9.17, 15) is 14.4 Å². The van der Waals surface area contributed by atoms with Crippen LogP contribution in [0.5, 0.6) is 0 Å². The van der Waals surface area contributed by atoms with E-state index in [4.69, 9.17) is 4.74 Å². The van der Waals surface area contributed by atoms with Gasteiger partial charge in [-0.25, -0.2) is 4.79 Å². The van der Waals surface area contributed by atoms with Gasteiger partial charge in [0.15, 0.2) is 0 Å². The minimum atomic E-state index is -0.990. The lowest BCUT2D eigenvalue weighted by molar-refractivity contribution is -0.166. The molecule has 2 aromatic rings. The van der Waals surface area contributed by atoms with Crippen molar-refractivity contribution in [3.05, 3.63) is 71.8 Å². The van der Waals surface area contributed by atoms with Crippen LogP contribution in [0.25, 0.3) is 0 Å². The number of ether oxygens (including phenoxy) is 1. The molecule has 6 heteroatoms. The number of methoxy groups -OCH3 is 1. The highest BCUT2D eigenvalue weighted by molar-refractivity contribution is 6.02. The van der Waals surface area contributed by atoms with Crippen molar-refractivity contribution in [1.29, 1.82) is 0 Å². The number of amides is 2. The van der Waals surface area contributed by atoms with Crippen LogP contribution in [0.2, 0.25) is 0 Å². The van der Waals surface area contributed by atoms with Crippen molar-refractivity contribution in [2.45, 2.75) is 37.9 Å². The molecular weight excluding hydrogens is 356 g/mol. The molecule has 28 heavy (non-hydrogen) atoms. The number of hydrogen-bond donors (Lipinski definition) is 1. The van der Waals surface area contributed by atoms with Crippen LogP contribution in [-0.2, 0) is 32.1 Å². The quantitative estimate of drug-likeness (QED) is 0.589. The van der Waals surface area contributed by atoms with Gasteiger partial charge in [-0.15, -0.1) is 0 Å². The predicted molar refractivity (Wildman–Crippen MR) is 104 cm³/mol. The molecule has 1 N–H and O–H groups in total. The summed E-state index contributed by atoms with van der Waals surface area (Å²) in [5.41, 5.74) is 0.869. The second-order valence-electron chi connectivity index (χ2n) is 7.16. The SMILES string of the molecule is COC(=O)[C@H](Cc1ccccc1)NC(=O)[C@@]1(C)CC(=O)N1Cc1ccccc1. The molecule has 1 aliphatic rings. The summed E-state index contributed by atoms with van der Waals surface area (Å²) in [7, 11) is 1.29. The Morgan fingerprint density at radius 2 is 1.64 bits per heavy atom. The molecule has 0 bridgehead atoms. The van der Waals surface area contributed by atoms with Crippen LogP contribution in [0.15, 0.2) is 60.7 Å². The topological polar surface area (TPSA) is 75.7 Å². The highest BCUT2D eigenvalue weighted by Gasteiger charge is 2.53. The van der Waals surface area contributed by atoms with E-state index in [1.165, 1.54) is 7.11 Å². The molecule has 6 nitrogen and oxygen atoms in total. The number of nitrogens with one attached hydrogen (secondary N) is 1. The van der Waals surface area contributed by atoms with Gasteiger partial charge in [-0.05, 0) is 18.1 Å². The van der Waals surface area contributed by atoms with Crippen LogP contribution in [0.4, 0.5) is 0 Å². The first-order valence-electron chi connectivity index (χ1n) is 9.21. The van der Waals surface area contributed by atoms with Crippen molar-refractivity contribution in [2.75, 3.05) is 7.11 Å². The van der Waals surface area contributed by atoms with Gasteiger partial charge >= 0.3 is 5.97 Å². The lowest BCUT2D eigenvalue weighted by atomic mass is 9.83. The first-order chi connectivity index (χ1) is 13.4. The van der Waals surface area contributed by atoms with Gasteiger partial charge in [0.1, 0.15) is 11.6 Å². The highest BCUT2D eigenvalue weighted by Crippen LogP contribution is 2.33. The monoisotopic (exact) mass is 380 g/mol. The number of nitrogens with zero attached hydrogens (tertiary/aromatic N) is 1. The molecule has 0 unspecified atom stereocenters. The summed E-state index contributed by atoms with van der Waals surface area (Å²) in [5, 5.41) is 2.79. The minimum absolute atomic E-state index is 0.0841. The maximum atomic E-state index is 13.0. The van der Waals surface area contributed by atoms with Crippen molar-refractivity contribution in [2.24, 2.45) is 0 Å². The Morgan fingerprint density at radius 3 is 2.18 bits per heavy atom. The molecule has 0 aliphatic carbocycles. The lowest BCUT2D eigenvalue weighted by Crippen LogP contribution is -2.69. The van der Waals surface area contributed by atoms with Gasteiger partial charge in [0.2, 0.25) is 11.8 Å². The second kappa shape index (κ2) is 8.25. The number of esters is 1. The molecular formula is C22H24N2O4. The summed E-state index contributed by atoms with van der Waals surface area (Å²) in [6, 6.07) is 18.1. The van der Waals surface area contributed by atoms with E-state index < -0.39 is 17.6 Å². The smallest absolute Gasteiger partial charge is 0.328 e. The largest absolute Gasteiger partial charge is 0.467 e. The number of β-lactam (4-membered cyclic amide) rings is 1. The summed E-state index contributed by atoms with van der Waals surface area (Å²) in [6.07, 6.45) is 0.437. The third-order valence-corrected chi connectivity index (χ3v) is 5.14. The third-order valence-electron chi connectivity index (χ3n) is 5.14. The third kappa shape index (κ3) is 4.06. The molecule has 0 radical (unpaired) electrons. The maximum Gasteiger partial charge on any atom is 0.328 e. The number of benzene rings is 2. The molecule has 0 aromatic heterocycles. The van der Waals surface area contributed by atoms with Crippen molar-refractivity contribution < 1.29 is 19.1 Å². The zero-order valence-electron chi connectivity index (χ0n) is 16.1. The summed E-state index contributed by atoms with van der Waals surface area (Å²) >= 11 is 0. The van der Waals surface area contributed by atoms with Crippen LogP contribution < -0.4 is 5.32 Å². The molecule has 1 heterocycles. The first kappa shape index (κ1) is 19.6. The normalized spacial score (nSPS) is 19.5. The number of likely N-dealkylation sites (tertiary alicyclic amines) is 1. The molecule has 1 fully saturated rings.